The Morgan fingerprint density at radius 1 is 0.790 bits per heavy atom. The maximum absolute atomic E-state index is 14.7. The number of pyridine rings is 2. The normalized spacial score (nSPS) is 13.7. The quantitative estimate of drug-likeness (QED) is 0.118. The van der Waals surface area contributed by atoms with Crippen LogP contribution in [0.5, 0.6) is 0 Å². The van der Waals surface area contributed by atoms with Crippen LogP contribution in [0.2, 0.25) is 19.6 Å². The Kier molecular flexibility index (Phi) is 9.74. The van der Waals surface area contributed by atoms with Crippen molar-refractivity contribution in [3.63, 3.8) is 0 Å². The van der Waals surface area contributed by atoms with Crippen molar-refractivity contribution in [1.29, 1.82) is 0 Å². The molecule has 5 heterocycles. The van der Waals surface area contributed by atoms with E-state index in [9.17, 15) is 4.39 Å². The molecule has 0 aliphatic heterocycles. The molecule has 0 fully saturated rings. The molecule has 6 nitrogen and oxygen atoms in total. The van der Waals surface area contributed by atoms with Gasteiger partial charge in [0.1, 0.15) is 11.2 Å². The molecule has 62 heavy (non-hydrogen) atoms. The standard InChI is InChI=1S/C35H26N3O2.C18H23FNSi.Ir/c1-4-21-19-27-23-11-6-9-16-30(23)39-32(27)22(5-2)31(21)38-29-15-8-7-14-28(29)37-34(38)26-13-10-12-24-25-18-17-20(3)36-35(25)40-33(24)26;1-12(2)15-10-16(20-11-17(15)21(4,5)6)14-9-7-8-13(3)18(14)19;/h6-12,14-19H,4-5H2,1-3H3;7-8,10-12H,1-6H3;/q2*-1;/i2*3D3;. The number of aryl methyl sites for hydroxylation is 4. The molecular weight excluding hydrogens is 964 g/mol. The molecule has 0 saturated heterocycles. The fourth-order valence-electron chi connectivity index (χ4n) is 8.44. The predicted octanol–water partition coefficient (Wildman–Crippen LogP) is 13.8. The van der Waals surface area contributed by atoms with Crippen LogP contribution in [0.4, 0.5) is 4.39 Å². The molecular formula is C53H49FIrN4O2Si-2. The van der Waals surface area contributed by atoms with E-state index in [0.717, 1.165) is 73.4 Å². The molecule has 0 saturated carbocycles. The summed E-state index contributed by atoms with van der Waals surface area (Å²) in [4.78, 5) is 13.9. The van der Waals surface area contributed by atoms with Crippen molar-refractivity contribution in [1.82, 2.24) is 19.5 Å². The van der Waals surface area contributed by atoms with Crippen molar-refractivity contribution in [2.75, 3.05) is 0 Å². The number of hydrogen-bond acceptors (Lipinski definition) is 5. The summed E-state index contributed by atoms with van der Waals surface area (Å²) in [6, 6.07) is 36.4. The van der Waals surface area contributed by atoms with Crippen LogP contribution in [0.1, 0.15) is 69.8 Å². The minimum atomic E-state index is -2.49. The number of fused-ring (bicyclic) bond motifs is 7. The van der Waals surface area contributed by atoms with Gasteiger partial charge in [-0.25, -0.2) is 4.98 Å². The van der Waals surface area contributed by atoms with Crippen LogP contribution in [0.25, 0.3) is 83.4 Å². The van der Waals surface area contributed by atoms with Crippen LogP contribution in [0.3, 0.4) is 0 Å². The summed E-state index contributed by atoms with van der Waals surface area (Å²) in [5.41, 5.74) is 9.80. The number of furan rings is 2. The van der Waals surface area contributed by atoms with Crippen molar-refractivity contribution < 1.29 is 41.6 Å². The van der Waals surface area contributed by atoms with Gasteiger partial charge in [0.15, 0.2) is 0 Å². The van der Waals surface area contributed by atoms with Crippen molar-refractivity contribution in [3.05, 3.63) is 149 Å². The molecule has 5 aromatic carbocycles. The SMILES string of the molecule is [2H]C([2H])([2H])c1cc[c-]c(-c2cc(C(C)C)c([Si](C)(C)C)cn2)c1F.[2H]C([2H])([2H])c1ccc2c(n1)oc1c(-c3nc4ccccc4n3-c3c(CC)cc4c(oc5ccccc54)c3CC)[c-]ccc12.[Ir]. The van der Waals surface area contributed by atoms with Crippen LogP contribution in [-0.2, 0) is 32.9 Å². The second-order valence-corrected chi connectivity index (χ2v) is 21.7. The van der Waals surface area contributed by atoms with E-state index in [1.165, 1.54) is 22.9 Å². The van der Waals surface area contributed by atoms with E-state index in [4.69, 9.17) is 22.0 Å². The molecule has 10 rings (SSSR count). The maximum atomic E-state index is 14.7. The molecule has 0 spiro atoms. The molecule has 0 aliphatic rings. The average Bonchev–Trinajstić information content (AvgIpc) is 3.98. The number of rotatable bonds is 7. The first kappa shape index (κ1) is 35.8. The van der Waals surface area contributed by atoms with Gasteiger partial charge in [-0.2, -0.15) is 0 Å². The van der Waals surface area contributed by atoms with Crippen molar-refractivity contribution in [3.8, 4) is 28.3 Å². The van der Waals surface area contributed by atoms with Crippen molar-refractivity contribution in [2.45, 2.75) is 79.8 Å². The number of halogens is 1. The molecule has 0 aliphatic carbocycles. The Morgan fingerprint density at radius 3 is 2.32 bits per heavy atom. The molecule has 315 valence electrons. The van der Waals surface area contributed by atoms with Crippen LogP contribution in [0, 0.1) is 31.7 Å². The minimum Gasteiger partial charge on any atom is -0.486 e. The van der Waals surface area contributed by atoms with Gasteiger partial charge < -0.3 is 18.4 Å². The average molecular weight is 1020 g/mol. The van der Waals surface area contributed by atoms with E-state index in [-0.39, 0.29) is 48.6 Å². The van der Waals surface area contributed by atoms with Crippen molar-refractivity contribution >= 4 is 68.3 Å². The molecule has 0 atom stereocenters. The first-order chi connectivity index (χ1) is 31.8. The van der Waals surface area contributed by atoms with Gasteiger partial charge in [0.05, 0.1) is 30.5 Å². The Balaban J connectivity index is 0.000000214. The van der Waals surface area contributed by atoms with Crippen LogP contribution >= 0.6 is 0 Å². The van der Waals surface area contributed by atoms with Gasteiger partial charge in [-0.3, -0.25) is 9.37 Å². The van der Waals surface area contributed by atoms with Gasteiger partial charge >= 0.3 is 0 Å². The molecule has 1 radical (unpaired) electrons. The number of imidazole rings is 1. The van der Waals surface area contributed by atoms with Gasteiger partial charge in [-0.15, -0.1) is 36.4 Å². The molecule has 5 aromatic heterocycles. The summed E-state index contributed by atoms with van der Waals surface area (Å²) in [7, 11) is -1.58. The Labute approximate surface area is 385 Å². The summed E-state index contributed by atoms with van der Waals surface area (Å²) >= 11 is 0. The number of hydrogen-bond donors (Lipinski definition) is 0. The van der Waals surface area contributed by atoms with Gasteiger partial charge in [-0.1, -0.05) is 118 Å². The third-order valence-corrected chi connectivity index (χ3v) is 13.4. The summed E-state index contributed by atoms with van der Waals surface area (Å²) in [6.07, 6.45) is 3.39. The van der Waals surface area contributed by atoms with Crippen molar-refractivity contribution in [2.24, 2.45) is 0 Å². The second-order valence-electron chi connectivity index (χ2n) is 16.7. The van der Waals surface area contributed by atoms with E-state index >= 15 is 0 Å². The van der Waals surface area contributed by atoms with Gasteiger partial charge in [0.2, 0.25) is 5.71 Å². The topological polar surface area (TPSA) is 69.9 Å². The third-order valence-electron chi connectivity index (χ3n) is 11.4. The van der Waals surface area contributed by atoms with Crippen LogP contribution < -0.4 is 5.19 Å². The molecule has 0 amide bonds. The minimum absolute atomic E-state index is 0. The molecule has 0 unspecified atom stereocenters. The summed E-state index contributed by atoms with van der Waals surface area (Å²) < 4.78 is 75.6. The van der Waals surface area contributed by atoms with E-state index in [1.807, 2.05) is 60.8 Å². The second kappa shape index (κ2) is 16.9. The fraction of sp³-hybridized carbons (Fsp3) is 0.226. The maximum Gasteiger partial charge on any atom is 0.216 e. The monoisotopic (exact) mass is 1020 g/mol. The van der Waals surface area contributed by atoms with Gasteiger partial charge in [0, 0.05) is 73.4 Å². The fourth-order valence-corrected chi connectivity index (χ4v) is 10.1. The number of nitrogens with zero attached hydrogens (tertiary/aromatic N) is 4. The Bertz CT molecular complexity index is 3530. The van der Waals surface area contributed by atoms with E-state index in [2.05, 4.69) is 92.2 Å². The summed E-state index contributed by atoms with van der Waals surface area (Å²) in [6.45, 7) is 10.4. The van der Waals surface area contributed by atoms with Gasteiger partial charge in [0.25, 0.3) is 0 Å². The zero-order valence-electron chi connectivity index (χ0n) is 41.6. The zero-order valence-corrected chi connectivity index (χ0v) is 39.0. The predicted molar refractivity (Wildman–Crippen MR) is 251 cm³/mol. The third kappa shape index (κ3) is 7.40. The first-order valence-corrected chi connectivity index (χ1v) is 24.2. The zero-order chi connectivity index (χ0) is 47.7. The van der Waals surface area contributed by atoms with Gasteiger partial charge in [-0.05, 0) is 78.5 Å². The Hall–Kier alpha value is -5.73. The summed E-state index contributed by atoms with van der Waals surface area (Å²) in [5.74, 6) is 0.199. The number of para-hydroxylation sites is 3. The smallest absolute Gasteiger partial charge is 0.216 e. The molecule has 9 heteroatoms. The number of benzene rings is 5. The number of aromatic nitrogens is 4. The largest absolute Gasteiger partial charge is 0.486 e. The van der Waals surface area contributed by atoms with Crippen LogP contribution in [-0.4, -0.2) is 27.6 Å². The molecule has 10 aromatic rings. The van der Waals surface area contributed by atoms with E-state index < -0.39 is 27.6 Å². The molecule has 0 N–H and O–H groups in total. The van der Waals surface area contributed by atoms with E-state index in [1.54, 1.807) is 12.1 Å². The molecule has 0 bridgehead atoms. The summed E-state index contributed by atoms with van der Waals surface area (Å²) in [5, 5.41) is 5.03. The van der Waals surface area contributed by atoms with Crippen LogP contribution in [0.15, 0.2) is 112 Å². The van der Waals surface area contributed by atoms with E-state index in [0.29, 0.717) is 22.7 Å². The first-order valence-electron chi connectivity index (χ1n) is 23.7. The Morgan fingerprint density at radius 2 is 1.56 bits per heavy atom.